The summed E-state index contributed by atoms with van der Waals surface area (Å²) in [5.74, 6) is -2.04. The van der Waals surface area contributed by atoms with Crippen LogP contribution in [0.2, 0.25) is 0 Å². The molecule has 0 radical (unpaired) electrons. The molecule has 6 rings (SSSR count). The maximum atomic E-state index is 15.3. The van der Waals surface area contributed by atoms with E-state index < -0.39 is 24.0 Å². The van der Waals surface area contributed by atoms with Crippen LogP contribution in [0.1, 0.15) is 52.6 Å². The van der Waals surface area contributed by atoms with Crippen LogP contribution in [0.3, 0.4) is 0 Å². The first kappa shape index (κ1) is 31.6. The zero-order valence-corrected chi connectivity index (χ0v) is 26.0. The van der Waals surface area contributed by atoms with E-state index >= 15 is 4.39 Å². The van der Waals surface area contributed by atoms with E-state index in [-0.39, 0.29) is 45.0 Å². The minimum absolute atomic E-state index is 0.0109. The molecule has 2 aromatic heterocycles. The molecule has 0 aliphatic carbocycles. The van der Waals surface area contributed by atoms with Gasteiger partial charge >= 0.3 is 5.97 Å². The van der Waals surface area contributed by atoms with Gasteiger partial charge in [-0.25, -0.2) is 13.9 Å². The summed E-state index contributed by atoms with van der Waals surface area (Å²) in [6, 6.07) is 14.4. The van der Waals surface area contributed by atoms with E-state index in [1.165, 1.54) is 23.1 Å². The minimum atomic E-state index is -1.25. The number of aliphatic hydroxyl groups is 1. The number of aliphatic hydroxyl groups excluding tert-OH is 1. The molecule has 0 spiro atoms. The number of carbonyl (C=O) groups excluding carboxylic acids is 1. The number of morpholine rings is 1. The first-order valence-electron chi connectivity index (χ1n) is 15.0. The van der Waals surface area contributed by atoms with Gasteiger partial charge in [-0.2, -0.15) is 9.78 Å². The Morgan fingerprint density at radius 2 is 1.74 bits per heavy atom. The summed E-state index contributed by atoms with van der Waals surface area (Å²) < 4.78 is 22.9. The Labute approximate surface area is 268 Å². The molecular weight excluding hydrogens is 607 g/mol. The molecule has 5 aromatic rings. The molecule has 3 aromatic carbocycles. The van der Waals surface area contributed by atoms with Gasteiger partial charge < -0.3 is 25.2 Å². The summed E-state index contributed by atoms with van der Waals surface area (Å²) in [5, 5.41) is 32.4. The summed E-state index contributed by atoms with van der Waals surface area (Å²) >= 11 is 0. The second kappa shape index (κ2) is 12.4. The molecule has 3 N–H and O–H groups in total. The number of aromatic nitrogens is 4. The lowest BCUT2D eigenvalue weighted by Gasteiger charge is -2.26. The number of aromatic carboxylic acids is 1. The molecule has 0 atom stereocenters. The molecule has 1 saturated heterocycles. The molecule has 0 bridgehead atoms. The summed E-state index contributed by atoms with van der Waals surface area (Å²) in [7, 11) is 0. The van der Waals surface area contributed by atoms with Crippen LogP contribution in [0, 0.1) is 5.82 Å². The third kappa shape index (κ3) is 6.10. The number of halogens is 1. The second-order valence-electron chi connectivity index (χ2n) is 12.2. The number of anilines is 2. The van der Waals surface area contributed by atoms with Crippen LogP contribution in [0.4, 0.5) is 15.9 Å². The molecule has 1 aliphatic heterocycles. The van der Waals surface area contributed by atoms with E-state index in [1.807, 2.05) is 20.8 Å². The summed E-state index contributed by atoms with van der Waals surface area (Å²) in [5.41, 5.74) is 1.15. The maximum Gasteiger partial charge on any atom is 0.341 e. The molecule has 3 heterocycles. The number of carbonyl (C=O) groups is 2. The molecule has 0 unspecified atom stereocenters. The Morgan fingerprint density at radius 1 is 1.04 bits per heavy atom. The summed E-state index contributed by atoms with van der Waals surface area (Å²) in [6.45, 7) is 7.26. The fourth-order valence-corrected chi connectivity index (χ4v) is 5.50. The number of hydrogen-bond acceptors (Lipinski definition) is 8. The number of carboxylic acid groups (broad SMARTS) is 1. The molecule has 0 saturated carbocycles. The van der Waals surface area contributed by atoms with Crippen molar-refractivity contribution in [3.8, 4) is 11.4 Å². The number of rotatable bonds is 7. The van der Waals surface area contributed by atoms with Gasteiger partial charge in [-0.05, 0) is 59.5 Å². The quantitative estimate of drug-likeness (QED) is 0.235. The van der Waals surface area contributed by atoms with Gasteiger partial charge in [0.1, 0.15) is 11.4 Å². The van der Waals surface area contributed by atoms with Gasteiger partial charge in [0.05, 0.1) is 42.8 Å². The van der Waals surface area contributed by atoms with E-state index in [4.69, 9.17) is 4.74 Å². The van der Waals surface area contributed by atoms with Crippen LogP contribution in [0.25, 0.3) is 22.1 Å². The van der Waals surface area contributed by atoms with Crippen LogP contribution >= 0.6 is 0 Å². The molecule has 12 nitrogen and oxygen atoms in total. The van der Waals surface area contributed by atoms with E-state index in [0.717, 1.165) is 4.68 Å². The highest BCUT2D eigenvalue weighted by atomic mass is 19.1. The average molecular weight is 641 g/mol. The molecule has 242 valence electrons. The molecule has 13 heteroatoms. The van der Waals surface area contributed by atoms with E-state index in [0.29, 0.717) is 48.5 Å². The van der Waals surface area contributed by atoms with Crippen molar-refractivity contribution in [1.82, 2.24) is 24.5 Å². The number of nitrogens with zero attached hydrogens (tertiary/aromatic N) is 5. The van der Waals surface area contributed by atoms with Crippen LogP contribution in [-0.2, 0) is 16.8 Å². The SMILES string of the molecule is CC(C)(C)c1cc(F)c2c(=O)n(-c3cccc(-n4cc(C(=O)O)c(Nc5ccc(C(=O)N6CCOCC6)cc5)n4)c3CO)ncc2c1. The first-order valence-corrected chi connectivity index (χ1v) is 15.0. The largest absolute Gasteiger partial charge is 0.477 e. The van der Waals surface area contributed by atoms with Crippen molar-refractivity contribution in [1.29, 1.82) is 0 Å². The van der Waals surface area contributed by atoms with Gasteiger partial charge in [-0.3, -0.25) is 9.59 Å². The zero-order valence-electron chi connectivity index (χ0n) is 26.0. The summed E-state index contributed by atoms with van der Waals surface area (Å²) in [4.78, 5) is 40.3. The zero-order chi connectivity index (χ0) is 33.5. The Bertz CT molecular complexity index is 2060. The third-order valence-corrected chi connectivity index (χ3v) is 8.10. The standard InChI is InChI=1S/C34H33FN6O6/c1-34(2,3)22-15-21-17-36-41(32(44)29(21)26(35)16-22)28-6-4-5-27(25(28)19-42)40-18-24(33(45)46)30(38-40)37-23-9-7-20(8-10-23)31(43)39-11-13-47-14-12-39/h4-10,15-18,42H,11-14,19H2,1-3H3,(H,37,38)(H,45,46). The Kier molecular flexibility index (Phi) is 8.34. The lowest BCUT2D eigenvalue weighted by Crippen LogP contribution is -2.40. The number of hydrogen-bond donors (Lipinski definition) is 3. The van der Waals surface area contributed by atoms with Crippen LogP contribution in [-0.4, -0.2) is 72.9 Å². The van der Waals surface area contributed by atoms with Crippen molar-refractivity contribution in [2.24, 2.45) is 0 Å². The van der Waals surface area contributed by atoms with Crippen LogP contribution in [0.5, 0.6) is 0 Å². The van der Waals surface area contributed by atoms with E-state index in [2.05, 4.69) is 15.5 Å². The molecule has 1 fully saturated rings. The normalized spacial score (nSPS) is 13.6. The second-order valence-corrected chi connectivity index (χ2v) is 12.2. The highest BCUT2D eigenvalue weighted by Crippen LogP contribution is 2.29. The van der Waals surface area contributed by atoms with Gasteiger partial charge in [0, 0.05) is 41.5 Å². The number of ether oxygens (including phenoxy) is 1. The molecule has 1 amide bonds. The topological polar surface area (TPSA) is 152 Å². The number of benzene rings is 3. The number of carboxylic acids is 1. The van der Waals surface area contributed by atoms with Crippen molar-refractivity contribution in [2.75, 3.05) is 31.6 Å². The lowest BCUT2D eigenvalue weighted by molar-refractivity contribution is 0.0303. The monoisotopic (exact) mass is 640 g/mol. The third-order valence-electron chi connectivity index (χ3n) is 8.10. The maximum absolute atomic E-state index is 15.3. The summed E-state index contributed by atoms with van der Waals surface area (Å²) in [6.07, 6.45) is 2.69. The van der Waals surface area contributed by atoms with Crippen molar-refractivity contribution in [2.45, 2.75) is 32.8 Å². The average Bonchev–Trinajstić information content (AvgIpc) is 3.48. The van der Waals surface area contributed by atoms with Gasteiger partial charge in [-0.1, -0.05) is 26.8 Å². The van der Waals surface area contributed by atoms with Gasteiger partial charge in [0.25, 0.3) is 11.5 Å². The van der Waals surface area contributed by atoms with Crippen molar-refractivity contribution < 1.29 is 28.9 Å². The minimum Gasteiger partial charge on any atom is -0.477 e. The number of amides is 1. The van der Waals surface area contributed by atoms with Crippen LogP contribution < -0.4 is 10.9 Å². The van der Waals surface area contributed by atoms with Crippen molar-refractivity contribution >= 4 is 34.2 Å². The number of fused-ring (bicyclic) bond motifs is 1. The Balaban J connectivity index is 1.35. The molecule has 1 aliphatic rings. The molecular formula is C34H33FN6O6. The van der Waals surface area contributed by atoms with Crippen molar-refractivity contribution in [3.05, 3.63) is 105 Å². The fraction of sp³-hybridized carbons (Fsp3) is 0.265. The van der Waals surface area contributed by atoms with E-state index in [9.17, 15) is 24.6 Å². The predicted molar refractivity (Wildman–Crippen MR) is 172 cm³/mol. The lowest BCUT2D eigenvalue weighted by atomic mass is 9.86. The van der Waals surface area contributed by atoms with Crippen LogP contribution in [0.15, 0.2) is 71.8 Å². The van der Waals surface area contributed by atoms with E-state index in [1.54, 1.807) is 53.4 Å². The Morgan fingerprint density at radius 3 is 2.40 bits per heavy atom. The highest BCUT2D eigenvalue weighted by Gasteiger charge is 2.23. The smallest absolute Gasteiger partial charge is 0.341 e. The fourth-order valence-electron chi connectivity index (χ4n) is 5.50. The van der Waals surface area contributed by atoms with Gasteiger partial charge in [0.2, 0.25) is 0 Å². The van der Waals surface area contributed by atoms with Gasteiger partial charge in [0.15, 0.2) is 5.82 Å². The van der Waals surface area contributed by atoms with Gasteiger partial charge in [-0.15, -0.1) is 5.10 Å². The first-order chi connectivity index (χ1) is 22.5. The molecule has 47 heavy (non-hydrogen) atoms. The number of nitrogens with one attached hydrogen (secondary N) is 1. The van der Waals surface area contributed by atoms with Crippen molar-refractivity contribution in [3.63, 3.8) is 0 Å². The predicted octanol–water partition coefficient (Wildman–Crippen LogP) is 4.41. The Hall–Kier alpha value is -5.40. The highest BCUT2D eigenvalue weighted by molar-refractivity contribution is 5.96.